The molecule has 170 valence electrons. The van der Waals surface area contributed by atoms with Crippen LogP contribution in [0.15, 0.2) is 42.1 Å². The minimum Gasteiger partial charge on any atom is -0.387 e. The van der Waals surface area contributed by atoms with E-state index in [0.717, 1.165) is 36.2 Å². The third kappa shape index (κ3) is 7.60. The molecule has 0 radical (unpaired) electrons. The minimum atomic E-state index is -0.614. The Balaban J connectivity index is 1.92. The van der Waals surface area contributed by atoms with Crippen molar-refractivity contribution in [1.82, 2.24) is 15.2 Å². The number of amides is 1. The summed E-state index contributed by atoms with van der Waals surface area (Å²) in [5.74, 6) is 0.481. The molecule has 0 bridgehead atoms. The summed E-state index contributed by atoms with van der Waals surface area (Å²) in [4.78, 5) is 17.6. The SMILES string of the molecule is CC=C(C=CC(=N)C(=O)N(C)C)CC1CCC(C(O)c2ccc(NC(C)(C)C)nc2)N1. The van der Waals surface area contributed by atoms with Crippen LogP contribution in [0, 0.1) is 5.41 Å². The van der Waals surface area contributed by atoms with Crippen molar-refractivity contribution >= 4 is 17.4 Å². The van der Waals surface area contributed by atoms with E-state index in [-0.39, 0.29) is 29.2 Å². The largest absolute Gasteiger partial charge is 0.387 e. The van der Waals surface area contributed by atoms with E-state index in [0.29, 0.717) is 0 Å². The monoisotopic (exact) mass is 427 g/mol. The zero-order chi connectivity index (χ0) is 23.2. The number of carbonyl (C=O) groups excluding carboxylic acids is 1. The van der Waals surface area contributed by atoms with Crippen molar-refractivity contribution < 1.29 is 9.90 Å². The van der Waals surface area contributed by atoms with Crippen LogP contribution in [0.4, 0.5) is 5.82 Å². The molecule has 0 saturated carbocycles. The van der Waals surface area contributed by atoms with Crippen molar-refractivity contribution in [2.24, 2.45) is 0 Å². The van der Waals surface area contributed by atoms with Crippen LogP contribution < -0.4 is 10.6 Å². The lowest BCUT2D eigenvalue weighted by Gasteiger charge is -2.23. The maximum absolute atomic E-state index is 11.8. The summed E-state index contributed by atoms with van der Waals surface area (Å²) in [6, 6.07) is 4.05. The Morgan fingerprint density at radius 1 is 1.35 bits per heavy atom. The van der Waals surface area contributed by atoms with Crippen molar-refractivity contribution in [1.29, 1.82) is 5.41 Å². The number of hydrogen-bond donors (Lipinski definition) is 4. The summed E-state index contributed by atoms with van der Waals surface area (Å²) in [6.45, 7) is 8.20. The van der Waals surface area contributed by atoms with Gasteiger partial charge in [0.1, 0.15) is 11.5 Å². The van der Waals surface area contributed by atoms with Gasteiger partial charge in [-0.2, -0.15) is 0 Å². The summed E-state index contributed by atoms with van der Waals surface area (Å²) in [6.07, 6.45) is 9.13. The molecule has 7 nitrogen and oxygen atoms in total. The number of carbonyl (C=O) groups is 1. The van der Waals surface area contributed by atoms with Gasteiger partial charge in [0, 0.05) is 43.5 Å². The van der Waals surface area contributed by atoms with E-state index in [1.807, 2.05) is 31.2 Å². The van der Waals surface area contributed by atoms with Crippen LogP contribution in [0.25, 0.3) is 0 Å². The van der Waals surface area contributed by atoms with Gasteiger partial charge in [-0.15, -0.1) is 0 Å². The molecule has 2 rings (SSSR count). The van der Waals surface area contributed by atoms with E-state index in [2.05, 4.69) is 36.4 Å². The van der Waals surface area contributed by atoms with Crippen LogP contribution >= 0.6 is 0 Å². The number of aromatic nitrogens is 1. The smallest absolute Gasteiger partial charge is 0.271 e. The third-order valence-corrected chi connectivity index (χ3v) is 5.24. The predicted octanol–water partition coefficient (Wildman–Crippen LogP) is 3.45. The first kappa shape index (κ1) is 24.8. The highest BCUT2D eigenvalue weighted by atomic mass is 16.3. The number of hydrogen-bond acceptors (Lipinski definition) is 6. The van der Waals surface area contributed by atoms with Gasteiger partial charge < -0.3 is 20.6 Å². The molecule has 31 heavy (non-hydrogen) atoms. The van der Waals surface area contributed by atoms with Gasteiger partial charge in [0.2, 0.25) is 0 Å². The molecular formula is C24H37N5O2. The maximum atomic E-state index is 11.8. The molecule has 1 saturated heterocycles. The van der Waals surface area contributed by atoms with Crippen molar-refractivity contribution in [3.63, 3.8) is 0 Å². The highest BCUT2D eigenvalue weighted by Crippen LogP contribution is 2.28. The number of rotatable bonds is 8. The zero-order valence-electron chi connectivity index (χ0n) is 19.6. The Kier molecular flexibility index (Phi) is 8.53. The van der Waals surface area contributed by atoms with Crippen molar-refractivity contribution in [2.75, 3.05) is 19.4 Å². The Labute approximate surface area is 186 Å². The number of anilines is 1. The number of aliphatic hydroxyl groups excluding tert-OH is 1. The van der Waals surface area contributed by atoms with Gasteiger partial charge in [-0.25, -0.2) is 4.98 Å². The Bertz CT molecular complexity index is 821. The van der Waals surface area contributed by atoms with Gasteiger partial charge in [0.05, 0.1) is 6.10 Å². The molecule has 0 aliphatic carbocycles. The summed E-state index contributed by atoms with van der Waals surface area (Å²) in [5, 5.41) is 25.5. The molecule has 3 atom stereocenters. The second-order valence-electron chi connectivity index (χ2n) is 9.36. The maximum Gasteiger partial charge on any atom is 0.271 e. The number of nitrogens with zero attached hydrogens (tertiary/aromatic N) is 2. The van der Waals surface area contributed by atoms with Crippen LogP contribution in [-0.4, -0.2) is 58.3 Å². The first-order valence-corrected chi connectivity index (χ1v) is 10.8. The van der Waals surface area contributed by atoms with E-state index in [9.17, 15) is 9.90 Å². The second kappa shape index (κ2) is 10.7. The zero-order valence-corrected chi connectivity index (χ0v) is 19.6. The molecule has 1 amide bonds. The van der Waals surface area contributed by atoms with Crippen LogP contribution in [0.5, 0.6) is 0 Å². The molecule has 1 aliphatic heterocycles. The normalized spacial score (nSPS) is 20.7. The van der Waals surface area contributed by atoms with Gasteiger partial charge in [0.15, 0.2) is 0 Å². The molecule has 7 heteroatoms. The van der Waals surface area contributed by atoms with E-state index in [1.54, 1.807) is 26.4 Å². The lowest BCUT2D eigenvalue weighted by Crippen LogP contribution is -2.34. The average Bonchev–Trinajstić information content (AvgIpc) is 3.17. The van der Waals surface area contributed by atoms with E-state index in [1.165, 1.54) is 4.90 Å². The quantitative estimate of drug-likeness (QED) is 0.376. The highest BCUT2D eigenvalue weighted by Gasteiger charge is 2.30. The highest BCUT2D eigenvalue weighted by molar-refractivity contribution is 6.41. The van der Waals surface area contributed by atoms with Gasteiger partial charge >= 0.3 is 0 Å². The third-order valence-electron chi connectivity index (χ3n) is 5.24. The van der Waals surface area contributed by atoms with Crippen LogP contribution in [0.3, 0.4) is 0 Å². The predicted molar refractivity (Wildman–Crippen MR) is 126 cm³/mol. The number of aliphatic hydroxyl groups is 1. The summed E-state index contributed by atoms with van der Waals surface area (Å²) in [5.41, 5.74) is 1.77. The number of allylic oxidation sites excluding steroid dienone is 2. The van der Waals surface area contributed by atoms with Crippen molar-refractivity contribution in [3.8, 4) is 0 Å². The fourth-order valence-corrected chi connectivity index (χ4v) is 3.60. The van der Waals surface area contributed by atoms with Gasteiger partial charge in [-0.1, -0.05) is 23.8 Å². The fourth-order valence-electron chi connectivity index (χ4n) is 3.60. The minimum absolute atomic E-state index is 0.0241. The first-order valence-electron chi connectivity index (χ1n) is 10.8. The van der Waals surface area contributed by atoms with Gasteiger partial charge in [-0.3, -0.25) is 10.2 Å². The topological polar surface area (TPSA) is 101 Å². The van der Waals surface area contributed by atoms with Crippen molar-refractivity contribution in [2.45, 2.75) is 70.7 Å². The molecule has 0 spiro atoms. The fraction of sp³-hybridized carbons (Fsp3) is 0.542. The molecule has 1 aromatic heterocycles. The van der Waals surface area contributed by atoms with Crippen LogP contribution in [-0.2, 0) is 4.79 Å². The Hall–Kier alpha value is -2.51. The van der Waals surface area contributed by atoms with Crippen LogP contribution in [0.1, 0.15) is 58.6 Å². The summed E-state index contributed by atoms with van der Waals surface area (Å²) in [7, 11) is 3.28. The van der Waals surface area contributed by atoms with Crippen LogP contribution in [0.2, 0.25) is 0 Å². The summed E-state index contributed by atoms with van der Waals surface area (Å²) < 4.78 is 0. The van der Waals surface area contributed by atoms with E-state index < -0.39 is 6.10 Å². The Morgan fingerprint density at radius 3 is 2.61 bits per heavy atom. The molecule has 4 N–H and O–H groups in total. The molecular weight excluding hydrogens is 390 g/mol. The molecule has 1 fully saturated rings. The van der Waals surface area contributed by atoms with E-state index >= 15 is 0 Å². The molecule has 0 aromatic carbocycles. The Morgan fingerprint density at radius 2 is 2.06 bits per heavy atom. The van der Waals surface area contributed by atoms with Crippen molar-refractivity contribution in [3.05, 3.63) is 47.7 Å². The molecule has 2 heterocycles. The molecule has 3 unspecified atom stereocenters. The van der Waals surface area contributed by atoms with Gasteiger partial charge in [-0.05, 0) is 59.1 Å². The van der Waals surface area contributed by atoms with E-state index in [4.69, 9.17) is 5.41 Å². The lowest BCUT2D eigenvalue weighted by atomic mass is 10.0. The first-order chi connectivity index (χ1) is 14.5. The molecule has 1 aliphatic rings. The van der Waals surface area contributed by atoms with Gasteiger partial charge in [0.25, 0.3) is 5.91 Å². The number of nitrogens with one attached hydrogen (secondary N) is 3. The standard InChI is InChI=1S/C24H37N5O2/c1-7-16(8-11-19(25)23(31)29(5)6)14-18-10-12-20(27-18)22(30)17-9-13-21(26-15-17)28-24(2,3)4/h7-9,11,13,15,18,20,22,25,27,30H,10,12,14H2,1-6H3,(H,26,28). The second-order valence-corrected chi connectivity index (χ2v) is 9.36. The molecule has 1 aromatic rings. The summed E-state index contributed by atoms with van der Waals surface area (Å²) >= 11 is 0. The lowest BCUT2D eigenvalue weighted by molar-refractivity contribution is -0.121. The number of pyridine rings is 1. The average molecular weight is 428 g/mol.